The lowest BCUT2D eigenvalue weighted by Crippen LogP contribution is -2.58. The minimum Gasteiger partial charge on any atom is -0.357 e. The molecule has 1 unspecified atom stereocenters. The first-order valence-corrected chi connectivity index (χ1v) is 7.79. The summed E-state index contributed by atoms with van der Waals surface area (Å²) in [5, 5.41) is 8.28. The Morgan fingerprint density at radius 2 is 2.28 bits per heavy atom. The molecule has 2 aliphatic rings. The maximum absolute atomic E-state index is 4.57. The minimum absolute atomic E-state index is 0.419. The summed E-state index contributed by atoms with van der Waals surface area (Å²) in [6.45, 7) is 5.41. The Morgan fingerprint density at radius 1 is 1.44 bits per heavy atom. The summed E-state index contributed by atoms with van der Waals surface area (Å²) in [5.41, 5.74) is 0.446. The zero-order chi connectivity index (χ0) is 12.6. The van der Waals surface area contributed by atoms with E-state index in [1.165, 1.54) is 43.6 Å². The summed E-state index contributed by atoms with van der Waals surface area (Å²) in [6, 6.07) is 0.569. The third kappa shape index (κ3) is 2.38. The van der Waals surface area contributed by atoms with Crippen LogP contribution >= 0.6 is 11.5 Å². The molecular weight excluding hydrogens is 244 g/mol. The standard InChI is InChI=1S/C13H22N4S/c1-9(2)11-16-12(18-17-11)15-10-4-7-14-13(8-10)5-3-6-13/h9-10,14H,3-8H2,1-2H3,(H,15,16,17). The van der Waals surface area contributed by atoms with Gasteiger partial charge in [-0.2, -0.15) is 4.37 Å². The van der Waals surface area contributed by atoms with Gasteiger partial charge < -0.3 is 10.6 Å². The van der Waals surface area contributed by atoms with E-state index in [4.69, 9.17) is 0 Å². The number of anilines is 1. The highest BCUT2D eigenvalue weighted by Gasteiger charge is 2.40. The van der Waals surface area contributed by atoms with Crippen LogP contribution in [0.5, 0.6) is 0 Å². The van der Waals surface area contributed by atoms with E-state index in [9.17, 15) is 0 Å². The summed E-state index contributed by atoms with van der Waals surface area (Å²) < 4.78 is 4.40. The van der Waals surface area contributed by atoms with Gasteiger partial charge in [0.15, 0.2) is 0 Å². The molecule has 0 aromatic carbocycles. The average Bonchev–Trinajstić information content (AvgIpc) is 2.76. The summed E-state index contributed by atoms with van der Waals surface area (Å²) in [4.78, 5) is 4.57. The van der Waals surface area contributed by atoms with Gasteiger partial charge in [-0.25, -0.2) is 4.98 Å². The minimum atomic E-state index is 0.419. The number of hydrogen-bond acceptors (Lipinski definition) is 5. The van der Waals surface area contributed by atoms with Crippen LogP contribution in [0.2, 0.25) is 0 Å². The number of hydrogen-bond donors (Lipinski definition) is 2. The summed E-state index contributed by atoms with van der Waals surface area (Å²) in [6.07, 6.45) is 6.51. The second kappa shape index (κ2) is 4.78. The van der Waals surface area contributed by atoms with Crippen LogP contribution in [-0.4, -0.2) is 27.5 Å². The van der Waals surface area contributed by atoms with Crippen LogP contribution in [-0.2, 0) is 0 Å². The molecule has 1 aliphatic carbocycles. The molecule has 100 valence electrons. The number of rotatable bonds is 3. The zero-order valence-corrected chi connectivity index (χ0v) is 12.0. The van der Waals surface area contributed by atoms with Gasteiger partial charge in [0.2, 0.25) is 5.13 Å². The van der Waals surface area contributed by atoms with Gasteiger partial charge in [0.25, 0.3) is 0 Å². The average molecular weight is 266 g/mol. The number of nitrogens with one attached hydrogen (secondary N) is 2. The van der Waals surface area contributed by atoms with Crippen molar-refractivity contribution in [2.24, 2.45) is 0 Å². The van der Waals surface area contributed by atoms with Crippen LogP contribution in [0.1, 0.15) is 57.7 Å². The first kappa shape index (κ1) is 12.4. The highest BCUT2D eigenvalue weighted by Crippen LogP contribution is 2.39. The molecular formula is C13H22N4S. The number of aromatic nitrogens is 2. The molecule has 4 nitrogen and oxygen atoms in total. The van der Waals surface area contributed by atoms with E-state index in [-0.39, 0.29) is 0 Å². The molecule has 1 saturated heterocycles. The molecule has 2 heterocycles. The van der Waals surface area contributed by atoms with E-state index >= 15 is 0 Å². The smallest absolute Gasteiger partial charge is 0.202 e. The van der Waals surface area contributed by atoms with Crippen molar-refractivity contribution in [3.63, 3.8) is 0 Å². The Kier molecular flexibility index (Phi) is 3.28. The van der Waals surface area contributed by atoms with Gasteiger partial charge >= 0.3 is 0 Å². The molecule has 0 radical (unpaired) electrons. The molecule has 0 bridgehead atoms. The Labute approximate surface area is 113 Å². The van der Waals surface area contributed by atoms with Crippen molar-refractivity contribution in [1.29, 1.82) is 0 Å². The van der Waals surface area contributed by atoms with Crippen LogP contribution in [0, 0.1) is 0 Å². The zero-order valence-electron chi connectivity index (χ0n) is 11.2. The summed E-state index contributed by atoms with van der Waals surface area (Å²) in [5.74, 6) is 1.39. The molecule has 1 aromatic rings. The van der Waals surface area contributed by atoms with E-state index in [0.717, 1.165) is 17.5 Å². The van der Waals surface area contributed by atoms with Crippen LogP contribution < -0.4 is 10.6 Å². The lowest BCUT2D eigenvalue weighted by atomic mass is 9.70. The van der Waals surface area contributed by atoms with Crippen molar-refractivity contribution < 1.29 is 0 Å². The van der Waals surface area contributed by atoms with E-state index in [1.54, 1.807) is 0 Å². The summed E-state index contributed by atoms with van der Waals surface area (Å²) in [7, 11) is 0. The normalized spacial score (nSPS) is 26.3. The van der Waals surface area contributed by atoms with Crippen molar-refractivity contribution in [3.8, 4) is 0 Å². The Hall–Kier alpha value is -0.680. The first-order valence-electron chi connectivity index (χ1n) is 7.02. The second-order valence-electron chi connectivity index (χ2n) is 6.01. The third-order valence-corrected chi connectivity index (χ3v) is 4.89. The van der Waals surface area contributed by atoms with E-state index in [0.29, 0.717) is 17.5 Å². The fourth-order valence-electron chi connectivity index (χ4n) is 2.97. The molecule has 5 heteroatoms. The monoisotopic (exact) mass is 266 g/mol. The quantitative estimate of drug-likeness (QED) is 0.883. The van der Waals surface area contributed by atoms with Gasteiger partial charge in [-0.15, -0.1) is 0 Å². The highest BCUT2D eigenvalue weighted by atomic mass is 32.1. The molecule has 3 rings (SSSR count). The van der Waals surface area contributed by atoms with Crippen molar-refractivity contribution >= 4 is 16.7 Å². The Morgan fingerprint density at radius 3 is 2.89 bits per heavy atom. The van der Waals surface area contributed by atoms with Gasteiger partial charge in [-0.3, -0.25) is 0 Å². The third-order valence-electron chi connectivity index (χ3n) is 4.23. The molecule has 2 fully saturated rings. The largest absolute Gasteiger partial charge is 0.357 e. The predicted octanol–water partition coefficient (Wildman–Crippen LogP) is 2.75. The van der Waals surface area contributed by atoms with E-state index in [1.807, 2.05) is 0 Å². The van der Waals surface area contributed by atoms with Crippen molar-refractivity contribution in [3.05, 3.63) is 5.82 Å². The lowest BCUT2D eigenvalue weighted by Gasteiger charge is -2.48. The topological polar surface area (TPSA) is 49.8 Å². The van der Waals surface area contributed by atoms with Gasteiger partial charge in [-0.1, -0.05) is 13.8 Å². The van der Waals surface area contributed by atoms with Gasteiger partial charge in [0.05, 0.1) is 0 Å². The molecule has 18 heavy (non-hydrogen) atoms. The van der Waals surface area contributed by atoms with Gasteiger partial charge in [-0.05, 0) is 38.6 Å². The number of piperidine rings is 1. The highest BCUT2D eigenvalue weighted by molar-refractivity contribution is 7.09. The SMILES string of the molecule is CC(C)c1nsc(NC2CCNC3(CCC3)C2)n1. The molecule has 2 N–H and O–H groups in total. The predicted molar refractivity (Wildman–Crippen MR) is 75.2 cm³/mol. The summed E-state index contributed by atoms with van der Waals surface area (Å²) >= 11 is 1.50. The molecule has 1 spiro atoms. The van der Waals surface area contributed by atoms with Crippen LogP contribution in [0.25, 0.3) is 0 Å². The lowest BCUT2D eigenvalue weighted by molar-refractivity contribution is 0.135. The Bertz CT molecular complexity index is 411. The van der Waals surface area contributed by atoms with Crippen LogP contribution in [0.3, 0.4) is 0 Å². The molecule has 1 saturated carbocycles. The fraction of sp³-hybridized carbons (Fsp3) is 0.846. The molecule has 1 atom stereocenters. The fourth-order valence-corrected chi connectivity index (χ4v) is 3.75. The molecule has 0 amide bonds. The van der Waals surface area contributed by atoms with Crippen molar-refractivity contribution in [2.45, 2.75) is 63.5 Å². The maximum Gasteiger partial charge on any atom is 0.202 e. The van der Waals surface area contributed by atoms with Gasteiger partial charge in [0, 0.05) is 29.0 Å². The number of nitrogens with zero attached hydrogens (tertiary/aromatic N) is 2. The van der Waals surface area contributed by atoms with Crippen molar-refractivity contribution in [2.75, 3.05) is 11.9 Å². The van der Waals surface area contributed by atoms with Crippen molar-refractivity contribution in [1.82, 2.24) is 14.7 Å². The first-order chi connectivity index (χ1) is 8.67. The Balaban J connectivity index is 1.61. The van der Waals surface area contributed by atoms with E-state index in [2.05, 4.69) is 33.8 Å². The second-order valence-corrected chi connectivity index (χ2v) is 6.76. The molecule has 1 aromatic heterocycles. The van der Waals surface area contributed by atoms with Crippen LogP contribution in [0.15, 0.2) is 0 Å². The van der Waals surface area contributed by atoms with E-state index < -0.39 is 0 Å². The van der Waals surface area contributed by atoms with Crippen LogP contribution in [0.4, 0.5) is 5.13 Å². The maximum atomic E-state index is 4.57. The molecule has 1 aliphatic heterocycles. The van der Waals surface area contributed by atoms with Gasteiger partial charge in [0.1, 0.15) is 5.82 Å².